The van der Waals surface area contributed by atoms with Crippen molar-refractivity contribution >= 4 is 5.97 Å². The van der Waals surface area contributed by atoms with Gasteiger partial charge in [-0.15, -0.1) is 0 Å². The lowest BCUT2D eigenvalue weighted by molar-refractivity contribution is -0.370. The summed E-state index contributed by atoms with van der Waals surface area (Å²) in [5, 5.41) is 194. The van der Waals surface area contributed by atoms with Gasteiger partial charge in [0.1, 0.15) is 128 Å². The molecule has 4 saturated carbocycles. The average Bonchev–Trinajstić information content (AvgIpc) is 0.856. The predicted octanol–water partition coefficient (Wildman–Crippen LogP) is -4.20. The van der Waals surface area contributed by atoms with Crippen LogP contribution in [0.2, 0.25) is 0 Å². The summed E-state index contributed by atoms with van der Waals surface area (Å²) >= 11 is 0. The van der Waals surface area contributed by atoms with Crippen LogP contribution in [-0.4, -0.2) is 334 Å². The van der Waals surface area contributed by atoms with E-state index in [1.165, 1.54) is 5.57 Å². The van der Waals surface area contributed by atoms with Crippen LogP contribution in [-0.2, 0) is 71.1 Å². The molecule has 7 saturated heterocycles. The Morgan fingerprint density at radius 1 is 0.515 bits per heavy atom. The van der Waals surface area contributed by atoms with Crippen LogP contribution in [0.5, 0.6) is 0 Å². The van der Waals surface area contributed by atoms with Gasteiger partial charge in [-0.1, -0.05) is 60.1 Å². The van der Waals surface area contributed by atoms with E-state index in [0.29, 0.717) is 38.5 Å². The zero-order chi connectivity index (χ0) is 74.7. The summed E-state index contributed by atoms with van der Waals surface area (Å²) in [6.45, 7) is 13.7. The van der Waals surface area contributed by atoms with Crippen LogP contribution in [0.3, 0.4) is 0 Å². The van der Waals surface area contributed by atoms with E-state index < -0.39 is 245 Å². The largest absolute Gasteiger partial charge is 0.432 e. The van der Waals surface area contributed by atoms with Crippen LogP contribution in [0.1, 0.15) is 132 Å². The van der Waals surface area contributed by atoms with Gasteiger partial charge in [0.25, 0.3) is 0 Å². The molecule has 592 valence electrons. The van der Waals surface area contributed by atoms with Gasteiger partial charge in [0, 0.05) is 12.8 Å². The number of esters is 1. The highest BCUT2D eigenvalue weighted by atomic mass is 16.8. The Balaban J connectivity index is 0.702. The second-order valence-corrected chi connectivity index (χ2v) is 33.6. The van der Waals surface area contributed by atoms with E-state index >= 15 is 4.79 Å². The lowest BCUT2D eigenvalue weighted by Gasteiger charge is -2.71. The van der Waals surface area contributed by atoms with Crippen molar-refractivity contribution in [2.24, 2.45) is 50.2 Å². The van der Waals surface area contributed by atoms with E-state index in [-0.39, 0.29) is 60.1 Å². The van der Waals surface area contributed by atoms with Crippen molar-refractivity contribution in [3.05, 3.63) is 11.6 Å². The summed E-state index contributed by atoms with van der Waals surface area (Å²) in [6.07, 6.45) is -39.3. The first-order valence-electron chi connectivity index (χ1n) is 36.8. The van der Waals surface area contributed by atoms with E-state index in [9.17, 15) is 91.9 Å². The van der Waals surface area contributed by atoms with Crippen LogP contribution in [0.15, 0.2) is 11.6 Å². The molecule has 12 aliphatic rings. The third-order valence-corrected chi connectivity index (χ3v) is 26.7. The lowest BCUT2D eigenvalue weighted by atomic mass is 9.33. The molecule has 0 spiro atoms. The molecule has 39 atom stereocenters. The highest BCUT2D eigenvalue weighted by Gasteiger charge is 2.71. The molecule has 0 aromatic carbocycles. The van der Waals surface area contributed by atoms with Gasteiger partial charge in [-0.05, 0) is 116 Å². The van der Waals surface area contributed by atoms with E-state index in [0.717, 1.165) is 25.7 Å². The zero-order valence-corrected chi connectivity index (χ0v) is 59.7. The Bertz CT molecular complexity index is 2890. The lowest BCUT2D eigenvalue weighted by Crippen LogP contribution is -2.66. The number of aliphatic hydroxyl groups is 18. The first-order chi connectivity index (χ1) is 48.5. The van der Waals surface area contributed by atoms with Gasteiger partial charge < -0.3 is 158 Å². The summed E-state index contributed by atoms with van der Waals surface area (Å²) in [5.74, 6) is -0.631. The van der Waals surface area contributed by atoms with Crippen molar-refractivity contribution in [2.75, 3.05) is 39.6 Å². The molecule has 103 heavy (non-hydrogen) atoms. The van der Waals surface area contributed by atoms with Gasteiger partial charge >= 0.3 is 5.97 Å². The van der Waals surface area contributed by atoms with E-state index in [4.69, 9.17) is 66.3 Å². The van der Waals surface area contributed by atoms with Crippen molar-refractivity contribution in [3.63, 3.8) is 0 Å². The number of allylic oxidation sites excluding steroid dienone is 2. The summed E-state index contributed by atoms with van der Waals surface area (Å²) in [5.41, 5.74) is -1.45. The quantitative estimate of drug-likeness (QED) is 0.0331. The number of ether oxygens (including phenoxy) is 14. The number of fused-ring (bicyclic) bond motifs is 7. The van der Waals surface area contributed by atoms with Gasteiger partial charge in [-0.25, -0.2) is 0 Å². The van der Waals surface area contributed by atoms with Crippen molar-refractivity contribution in [3.8, 4) is 0 Å². The van der Waals surface area contributed by atoms with Gasteiger partial charge in [0.05, 0.1) is 69.5 Å². The highest BCUT2D eigenvalue weighted by Crippen LogP contribution is 2.76. The molecule has 5 aliphatic carbocycles. The number of hydrogen-bond acceptors (Lipinski definition) is 33. The fourth-order valence-corrected chi connectivity index (χ4v) is 20.3. The SMILES string of the molecule is CC1OC(OC2COC(OC3CCC4(C)C(CCC5(C)C4CC=C4C6CC(C)(C)CCC6(C(=O)OC6OC(CO)C(OC7OC(C(O)CO)C(O)C7OC7OC(CO)C(O)C(O)C7O)C(O)C6O)CCC45C)C3(C)C)C(O)C2O)C(OC2OCC(O)C(O)C2O)CC1OC1CC(O)C(O)C(CO)O1. The number of hydrogen-bond donors (Lipinski definition) is 18. The van der Waals surface area contributed by atoms with Gasteiger partial charge in [-0.3, -0.25) is 4.79 Å². The standard InChI is InChI=1S/C70H114O33/c1-28-34(93-43-19-31(75)44(78)36(23-72)94-43)20-35(95-59-50(84)45(79)33(77)26-90-59)58(92-28)98-39-27-91-60(51(85)47(39)81)99-42-12-13-67(6)40(66(42,4)5)11-14-69(8)41(67)10-9-29-30-21-65(2,3)15-17-70(30,18-16-68(29,69)7)64(89)103-62-53(87)49(83)56(38(25-74)97-62)101-63-57(54(88)55(100-63)32(76)22-71)102-61-52(86)48(82)46(80)37(24-73)96-61/h9,28,30-63,71-88H,10-27H2,1-8H3. The Morgan fingerprint density at radius 3 is 1.83 bits per heavy atom. The smallest absolute Gasteiger partial charge is 0.315 e. The Morgan fingerprint density at radius 2 is 1.14 bits per heavy atom. The average molecular weight is 1480 g/mol. The predicted molar refractivity (Wildman–Crippen MR) is 345 cm³/mol. The van der Waals surface area contributed by atoms with Crippen LogP contribution in [0, 0.1) is 50.2 Å². The fraction of sp³-hybridized carbons (Fsp3) is 0.957. The maximum Gasteiger partial charge on any atom is 0.315 e. The number of carbonyl (C=O) groups is 1. The molecule has 0 aromatic heterocycles. The topological polar surface area (TPSA) is 510 Å². The van der Waals surface area contributed by atoms with E-state index in [1.807, 2.05) is 0 Å². The molecule has 0 aromatic rings. The molecule has 0 bridgehead atoms. The molecule has 39 unspecified atom stereocenters. The van der Waals surface area contributed by atoms with Crippen LogP contribution in [0.4, 0.5) is 0 Å². The van der Waals surface area contributed by atoms with E-state index in [1.54, 1.807) is 6.92 Å². The van der Waals surface area contributed by atoms with Crippen LogP contribution < -0.4 is 0 Å². The zero-order valence-electron chi connectivity index (χ0n) is 59.7. The highest BCUT2D eigenvalue weighted by molar-refractivity contribution is 5.79. The first kappa shape index (κ1) is 80.5. The second-order valence-electron chi connectivity index (χ2n) is 33.6. The third kappa shape index (κ3) is 14.5. The Hall–Kier alpha value is -2.03. The first-order valence-corrected chi connectivity index (χ1v) is 36.8. The fourth-order valence-electron chi connectivity index (χ4n) is 20.3. The third-order valence-electron chi connectivity index (χ3n) is 26.7. The van der Waals surface area contributed by atoms with Crippen molar-refractivity contribution in [2.45, 2.75) is 329 Å². The Labute approximate surface area is 597 Å². The molecular weight excluding hydrogens is 1370 g/mol. The number of rotatable bonds is 19. The molecule has 11 fully saturated rings. The molecule has 12 rings (SSSR count). The molecule has 33 nitrogen and oxygen atoms in total. The van der Waals surface area contributed by atoms with Gasteiger partial charge in [0.15, 0.2) is 37.7 Å². The maximum absolute atomic E-state index is 15.4. The van der Waals surface area contributed by atoms with E-state index in [2.05, 4.69) is 54.5 Å². The van der Waals surface area contributed by atoms with Crippen LogP contribution >= 0.6 is 0 Å². The molecular formula is C70H114O33. The summed E-state index contributed by atoms with van der Waals surface area (Å²) in [7, 11) is 0. The molecule has 7 aliphatic heterocycles. The second kappa shape index (κ2) is 30.9. The molecule has 7 heterocycles. The van der Waals surface area contributed by atoms with Gasteiger partial charge in [-0.2, -0.15) is 0 Å². The summed E-state index contributed by atoms with van der Waals surface area (Å²) in [4.78, 5) is 15.4. The van der Waals surface area contributed by atoms with Crippen LogP contribution in [0.25, 0.3) is 0 Å². The summed E-state index contributed by atoms with van der Waals surface area (Å²) < 4.78 is 85.0. The van der Waals surface area contributed by atoms with Crippen molar-refractivity contribution < 1.29 is 163 Å². The van der Waals surface area contributed by atoms with Gasteiger partial charge in [0.2, 0.25) is 6.29 Å². The number of aliphatic hydroxyl groups excluding tert-OH is 18. The summed E-state index contributed by atoms with van der Waals surface area (Å²) in [6, 6.07) is 0. The minimum absolute atomic E-state index is 0.0338. The number of carbonyl (C=O) groups excluding carboxylic acids is 1. The minimum atomic E-state index is -2.00. The Kier molecular flexibility index (Phi) is 24.2. The maximum atomic E-state index is 15.4. The monoisotopic (exact) mass is 1480 g/mol. The van der Waals surface area contributed by atoms with Crippen molar-refractivity contribution in [1.82, 2.24) is 0 Å². The minimum Gasteiger partial charge on any atom is -0.432 e. The molecule has 33 heteroatoms. The van der Waals surface area contributed by atoms with Crippen molar-refractivity contribution in [1.29, 1.82) is 0 Å². The molecule has 18 N–H and O–H groups in total. The molecule has 0 radical (unpaired) electrons. The molecule has 0 amide bonds. The normalized spacial score (nSPS) is 53.1.